The Morgan fingerprint density at radius 2 is 1.88 bits per heavy atom. The van der Waals surface area contributed by atoms with Crippen LogP contribution in [0.15, 0.2) is 17.5 Å². The van der Waals surface area contributed by atoms with Gasteiger partial charge in [-0.25, -0.2) is 18.6 Å². The van der Waals surface area contributed by atoms with Crippen molar-refractivity contribution < 1.29 is 23.8 Å². The number of carboxylic acids is 1. The molecule has 0 radical (unpaired) electrons. The average molecular weight is 257 g/mol. The monoisotopic (exact) mass is 257 g/mol. The summed E-state index contributed by atoms with van der Waals surface area (Å²) in [5.41, 5.74) is -0.725. The van der Waals surface area contributed by atoms with Gasteiger partial charge in [-0.1, -0.05) is 0 Å². The predicted molar refractivity (Wildman–Crippen MR) is 56.1 cm³/mol. The molecule has 0 aliphatic heterocycles. The van der Waals surface area contributed by atoms with E-state index < -0.39 is 28.9 Å². The first-order chi connectivity index (χ1) is 7.99. The van der Waals surface area contributed by atoms with Gasteiger partial charge in [0.1, 0.15) is 22.4 Å². The molecule has 1 aromatic carbocycles. The van der Waals surface area contributed by atoms with Gasteiger partial charge in [0.05, 0.1) is 5.56 Å². The average Bonchev–Trinajstić information content (AvgIpc) is 2.65. The lowest BCUT2D eigenvalue weighted by Crippen LogP contribution is -1.96. The van der Waals surface area contributed by atoms with E-state index in [4.69, 9.17) is 10.2 Å². The van der Waals surface area contributed by atoms with Gasteiger partial charge in [-0.15, -0.1) is 11.3 Å². The number of hydrogen-bond donors (Lipinski definition) is 2. The van der Waals surface area contributed by atoms with Crippen LogP contribution >= 0.6 is 11.3 Å². The molecule has 0 aliphatic carbocycles. The zero-order chi connectivity index (χ0) is 12.6. The maximum atomic E-state index is 13.4. The van der Waals surface area contributed by atoms with E-state index in [1.807, 2.05) is 0 Å². The topological polar surface area (TPSA) is 70.4 Å². The number of halogens is 2. The van der Waals surface area contributed by atoms with Crippen molar-refractivity contribution in [3.05, 3.63) is 34.8 Å². The lowest BCUT2D eigenvalue weighted by atomic mass is 10.2. The first-order valence-electron chi connectivity index (χ1n) is 4.36. The minimum atomic E-state index is -1.27. The number of aromatic hydroxyl groups is 1. The quantitative estimate of drug-likeness (QED) is 0.867. The van der Waals surface area contributed by atoms with Crippen LogP contribution in [0.2, 0.25) is 0 Å². The minimum Gasteiger partial charge on any atom is -0.508 e. The molecule has 1 heterocycles. The van der Waals surface area contributed by atoms with Crippen LogP contribution in [0.5, 0.6) is 5.75 Å². The predicted octanol–water partition coefficient (Wildman–Crippen LogP) is 2.49. The Labute approximate surface area is 97.8 Å². The molecular formula is C10H5F2NO3S. The fraction of sp³-hybridized carbons (Fsp3) is 0. The number of hydrogen-bond acceptors (Lipinski definition) is 4. The smallest absolute Gasteiger partial charge is 0.355 e. The fourth-order valence-corrected chi connectivity index (χ4v) is 2.09. The van der Waals surface area contributed by atoms with Gasteiger partial charge in [0, 0.05) is 17.5 Å². The van der Waals surface area contributed by atoms with E-state index in [0.717, 1.165) is 23.5 Å². The normalized spacial score (nSPS) is 10.5. The van der Waals surface area contributed by atoms with Crippen molar-refractivity contribution >= 4 is 17.3 Å². The van der Waals surface area contributed by atoms with E-state index >= 15 is 0 Å². The standard InChI is InChI=1S/C10H5F2NO3S/c11-5-1-4(14)2-6(12)8(5)9-13-7(3-17-9)10(15)16/h1-3,14H,(H,15,16). The SMILES string of the molecule is O=C(O)c1csc(-c2c(F)cc(O)cc2F)n1. The molecule has 2 N–H and O–H groups in total. The molecule has 0 bridgehead atoms. The third kappa shape index (κ3) is 2.09. The molecule has 17 heavy (non-hydrogen) atoms. The summed E-state index contributed by atoms with van der Waals surface area (Å²) in [6.45, 7) is 0. The van der Waals surface area contributed by atoms with Gasteiger partial charge in [-0.05, 0) is 0 Å². The zero-order valence-electron chi connectivity index (χ0n) is 8.15. The Morgan fingerprint density at radius 3 is 2.35 bits per heavy atom. The van der Waals surface area contributed by atoms with Crippen molar-refractivity contribution in [2.75, 3.05) is 0 Å². The highest BCUT2D eigenvalue weighted by atomic mass is 32.1. The largest absolute Gasteiger partial charge is 0.508 e. The Bertz CT molecular complexity index is 574. The number of phenolic OH excluding ortho intramolecular Hbond substituents is 1. The molecular weight excluding hydrogens is 252 g/mol. The lowest BCUT2D eigenvalue weighted by Gasteiger charge is -2.01. The van der Waals surface area contributed by atoms with Crippen molar-refractivity contribution in [1.29, 1.82) is 0 Å². The Balaban J connectivity index is 2.56. The molecule has 0 spiro atoms. The highest BCUT2D eigenvalue weighted by Crippen LogP contribution is 2.31. The van der Waals surface area contributed by atoms with E-state index in [2.05, 4.69) is 4.98 Å². The van der Waals surface area contributed by atoms with Crippen LogP contribution in [0.3, 0.4) is 0 Å². The van der Waals surface area contributed by atoms with E-state index in [0.29, 0.717) is 0 Å². The summed E-state index contributed by atoms with van der Waals surface area (Å²) < 4.78 is 26.9. The third-order valence-corrected chi connectivity index (χ3v) is 2.82. The summed E-state index contributed by atoms with van der Waals surface area (Å²) in [6, 6.07) is 1.47. The molecule has 4 nitrogen and oxygen atoms in total. The molecule has 88 valence electrons. The number of aromatic nitrogens is 1. The minimum absolute atomic E-state index is 0.0857. The summed E-state index contributed by atoms with van der Waals surface area (Å²) in [5, 5.41) is 18.7. The molecule has 0 saturated carbocycles. The third-order valence-electron chi connectivity index (χ3n) is 1.96. The van der Waals surface area contributed by atoms with Gasteiger partial charge in [0.25, 0.3) is 0 Å². The molecule has 0 amide bonds. The first kappa shape index (κ1) is 11.5. The molecule has 0 fully saturated rings. The number of carboxylic acid groups (broad SMARTS) is 1. The molecule has 0 atom stereocenters. The van der Waals surface area contributed by atoms with Gasteiger partial charge in [0.2, 0.25) is 0 Å². The molecule has 0 unspecified atom stereocenters. The van der Waals surface area contributed by atoms with Gasteiger partial charge >= 0.3 is 5.97 Å². The summed E-state index contributed by atoms with van der Waals surface area (Å²) in [5.74, 6) is -3.80. The molecule has 2 rings (SSSR count). The van der Waals surface area contributed by atoms with Crippen molar-refractivity contribution in [3.63, 3.8) is 0 Å². The van der Waals surface area contributed by atoms with Crippen molar-refractivity contribution in [3.8, 4) is 16.3 Å². The van der Waals surface area contributed by atoms with Gasteiger partial charge in [-0.3, -0.25) is 0 Å². The Hall–Kier alpha value is -2.02. The zero-order valence-corrected chi connectivity index (χ0v) is 8.96. The molecule has 2 aromatic rings. The Kier molecular flexibility index (Phi) is 2.76. The maximum Gasteiger partial charge on any atom is 0.355 e. The summed E-state index contributed by atoms with van der Waals surface area (Å²) >= 11 is 0.812. The summed E-state index contributed by atoms with van der Waals surface area (Å²) in [4.78, 5) is 14.2. The maximum absolute atomic E-state index is 13.4. The lowest BCUT2D eigenvalue weighted by molar-refractivity contribution is 0.0691. The highest BCUT2D eigenvalue weighted by Gasteiger charge is 2.18. The second-order valence-electron chi connectivity index (χ2n) is 3.13. The molecule has 0 aliphatic rings. The highest BCUT2D eigenvalue weighted by molar-refractivity contribution is 7.13. The van der Waals surface area contributed by atoms with Gasteiger partial charge in [0.15, 0.2) is 5.69 Å². The number of benzene rings is 1. The van der Waals surface area contributed by atoms with Crippen LogP contribution < -0.4 is 0 Å². The number of phenols is 1. The van der Waals surface area contributed by atoms with Gasteiger partial charge in [-0.2, -0.15) is 0 Å². The Morgan fingerprint density at radius 1 is 1.29 bits per heavy atom. The fourth-order valence-electron chi connectivity index (χ4n) is 1.25. The van der Waals surface area contributed by atoms with Crippen molar-refractivity contribution in [1.82, 2.24) is 4.98 Å². The second-order valence-corrected chi connectivity index (χ2v) is 3.99. The number of carbonyl (C=O) groups is 1. The number of rotatable bonds is 2. The van der Waals surface area contributed by atoms with Crippen LogP contribution in [0.1, 0.15) is 10.5 Å². The van der Waals surface area contributed by atoms with E-state index in [9.17, 15) is 13.6 Å². The van der Waals surface area contributed by atoms with Crippen LogP contribution in [-0.2, 0) is 0 Å². The molecule has 1 aromatic heterocycles. The summed E-state index contributed by atoms with van der Waals surface area (Å²) in [7, 11) is 0. The van der Waals surface area contributed by atoms with Gasteiger partial charge < -0.3 is 10.2 Å². The van der Waals surface area contributed by atoms with Crippen LogP contribution in [0.4, 0.5) is 8.78 Å². The van der Waals surface area contributed by atoms with E-state index in [-0.39, 0.29) is 10.7 Å². The van der Waals surface area contributed by atoms with Crippen LogP contribution in [0.25, 0.3) is 10.6 Å². The number of aromatic carboxylic acids is 1. The number of thiazole rings is 1. The van der Waals surface area contributed by atoms with E-state index in [1.165, 1.54) is 5.38 Å². The van der Waals surface area contributed by atoms with Crippen LogP contribution in [-0.4, -0.2) is 21.2 Å². The molecule has 7 heteroatoms. The van der Waals surface area contributed by atoms with Crippen molar-refractivity contribution in [2.45, 2.75) is 0 Å². The number of nitrogens with zero attached hydrogens (tertiary/aromatic N) is 1. The first-order valence-corrected chi connectivity index (χ1v) is 5.24. The molecule has 0 saturated heterocycles. The van der Waals surface area contributed by atoms with Crippen LogP contribution in [0, 0.1) is 11.6 Å². The van der Waals surface area contributed by atoms with Crippen molar-refractivity contribution in [2.24, 2.45) is 0 Å². The summed E-state index contributed by atoms with van der Waals surface area (Å²) in [6.07, 6.45) is 0. The second kappa shape index (κ2) is 4.10. The van der Waals surface area contributed by atoms with E-state index in [1.54, 1.807) is 0 Å².